The molecule has 2 rings (SSSR count). The van der Waals surface area contributed by atoms with Crippen molar-refractivity contribution < 1.29 is 5.11 Å². The minimum absolute atomic E-state index is 0.427. The van der Waals surface area contributed by atoms with Gasteiger partial charge in [0.2, 0.25) is 0 Å². The number of pyridine rings is 1. The molecule has 0 radical (unpaired) electrons. The summed E-state index contributed by atoms with van der Waals surface area (Å²) in [4.78, 5) is 6.74. The van der Waals surface area contributed by atoms with E-state index in [0.29, 0.717) is 6.42 Å². The minimum atomic E-state index is -0.427. The standard InChI is InChI=1S/C13H20N2OS/c1-2-13(16)12-5-4-11(10-14-12)15-6-3-8-17-9-7-15/h4-5,10,13,16H,2-3,6-9H2,1H3/t13-/m0/s1. The van der Waals surface area contributed by atoms with Crippen LogP contribution in [-0.2, 0) is 0 Å². The lowest BCUT2D eigenvalue weighted by atomic mass is 10.2. The van der Waals surface area contributed by atoms with Crippen molar-refractivity contribution in [2.75, 3.05) is 29.5 Å². The molecule has 4 heteroatoms. The number of hydrogen-bond acceptors (Lipinski definition) is 4. The van der Waals surface area contributed by atoms with E-state index in [2.05, 4.69) is 16.0 Å². The van der Waals surface area contributed by atoms with E-state index in [1.807, 2.05) is 30.9 Å². The summed E-state index contributed by atoms with van der Waals surface area (Å²) in [5.41, 5.74) is 1.96. The van der Waals surface area contributed by atoms with E-state index >= 15 is 0 Å². The fourth-order valence-corrected chi connectivity index (χ4v) is 2.88. The van der Waals surface area contributed by atoms with Crippen LogP contribution in [0.25, 0.3) is 0 Å². The summed E-state index contributed by atoms with van der Waals surface area (Å²) in [7, 11) is 0. The highest BCUT2D eigenvalue weighted by Gasteiger charge is 2.11. The van der Waals surface area contributed by atoms with Crippen LogP contribution in [0.4, 0.5) is 5.69 Å². The quantitative estimate of drug-likeness (QED) is 0.896. The van der Waals surface area contributed by atoms with Gasteiger partial charge in [-0.1, -0.05) is 6.92 Å². The molecule has 1 saturated heterocycles. The molecule has 3 nitrogen and oxygen atoms in total. The van der Waals surface area contributed by atoms with Crippen molar-refractivity contribution in [2.45, 2.75) is 25.9 Å². The molecule has 1 aliphatic heterocycles. The molecular formula is C13H20N2OS. The predicted molar refractivity (Wildman–Crippen MR) is 73.6 cm³/mol. The maximum absolute atomic E-state index is 9.70. The second-order valence-electron chi connectivity index (χ2n) is 4.32. The largest absolute Gasteiger partial charge is 0.387 e. The van der Waals surface area contributed by atoms with Crippen LogP contribution < -0.4 is 4.90 Å². The normalized spacial score (nSPS) is 18.8. The number of thioether (sulfide) groups is 1. The molecule has 0 spiro atoms. The highest BCUT2D eigenvalue weighted by atomic mass is 32.2. The predicted octanol–water partition coefficient (Wildman–Crippen LogP) is 2.47. The van der Waals surface area contributed by atoms with E-state index in [9.17, 15) is 5.11 Å². The van der Waals surface area contributed by atoms with Crippen LogP contribution in [0.2, 0.25) is 0 Å². The SMILES string of the molecule is CC[C@H](O)c1ccc(N2CCCSCC2)cn1. The fourth-order valence-electron chi connectivity index (χ4n) is 2.00. The molecule has 0 amide bonds. The Bertz CT molecular complexity index is 334. The molecule has 0 bridgehead atoms. The average molecular weight is 252 g/mol. The third kappa shape index (κ3) is 3.36. The first-order chi connectivity index (χ1) is 8.31. The maximum atomic E-state index is 9.70. The Morgan fingerprint density at radius 1 is 1.41 bits per heavy atom. The van der Waals surface area contributed by atoms with Crippen LogP contribution in [0.3, 0.4) is 0 Å². The summed E-state index contributed by atoms with van der Waals surface area (Å²) < 4.78 is 0. The zero-order valence-electron chi connectivity index (χ0n) is 10.3. The van der Waals surface area contributed by atoms with E-state index in [-0.39, 0.29) is 0 Å². The topological polar surface area (TPSA) is 36.4 Å². The second-order valence-corrected chi connectivity index (χ2v) is 5.54. The summed E-state index contributed by atoms with van der Waals surface area (Å²) >= 11 is 2.02. The summed E-state index contributed by atoms with van der Waals surface area (Å²) in [5, 5.41) is 9.70. The zero-order valence-corrected chi connectivity index (χ0v) is 11.1. The van der Waals surface area contributed by atoms with Crippen LogP contribution in [0, 0.1) is 0 Å². The Hall–Kier alpha value is -0.740. The highest BCUT2D eigenvalue weighted by Crippen LogP contribution is 2.20. The minimum Gasteiger partial charge on any atom is -0.387 e. The first kappa shape index (κ1) is 12.7. The van der Waals surface area contributed by atoms with Gasteiger partial charge < -0.3 is 10.0 Å². The number of hydrogen-bond donors (Lipinski definition) is 1. The molecule has 1 aliphatic rings. The van der Waals surface area contributed by atoms with Crippen LogP contribution in [-0.4, -0.2) is 34.7 Å². The molecule has 1 aromatic rings. The van der Waals surface area contributed by atoms with Gasteiger partial charge in [0.1, 0.15) is 0 Å². The lowest BCUT2D eigenvalue weighted by Crippen LogP contribution is -2.25. The molecule has 1 aromatic heterocycles. The Morgan fingerprint density at radius 3 is 3.00 bits per heavy atom. The van der Waals surface area contributed by atoms with Crippen molar-refractivity contribution in [1.29, 1.82) is 0 Å². The van der Waals surface area contributed by atoms with E-state index < -0.39 is 6.10 Å². The van der Waals surface area contributed by atoms with Gasteiger partial charge in [-0.15, -0.1) is 0 Å². The van der Waals surface area contributed by atoms with Crippen LogP contribution >= 0.6 is 11.8 Å². The van der Waals surface area contributed by atoms with Crippen molar-refractivity contribution in [1.82, 2.24) is 4.98 Å². The van der Waals surface area contributed by atoms with Gasteiger partial charge in [0.15, 0.2) is 0 Å². The number of rotatable bonds is 3. The van der Waals surface area contributed by atoms with Crippen molar-refractivity contribution in [3.05, 3.63) is 24.0 Å². The fraction of sp³-hybridized carbons (Fsp3) is 0.615. The van der Waals surface area contributed by atoms with Crippen LogP contribution in [0.1, 0.15) is 31.6 Å². The Morgan fingerprint density at radius 2 is 2.29 bits per heavy atom. The Kier molecular flexibility index (Phi) is 4.68. The monoisotopic (exact) mass is 252 g/mol. The molecule has 2 heterocycles. The molecule has 17 heavy (non-hydrogen) atoms. The zero-order chi connectivity index (χ0) is 12.1. The summed E-state index contributed by atoms with van der Waals surface area (Å²) in [5.74, 6) is 2.45. The summed E-state index contributed by atoms with van der Waals surface area (Å²) in [6.45, 7) is 4.18. The van der Waals surface area contributed by atoms with E-state index in [4.69, 9.17) is 0 Å². The van der Waals surface area contributed by atoms with E-state index in [1.54, 1.807) is 0 Å². The molecule has 1 N–H and O–H groups in total. The number of aliphatic hydroxyl groups excluding tert-OH is 1. The van der Waals surface area contributed by atoms with Crippen LogP contribution in [0.5, 0.6) is 0 Å². The van der Waals surface area contributed by atoms with E-state index in [0.717, 1.165) is 18.8 Å². The molecule has 1 atom stereocenters. The maximum Gasteiger partial charge on any atom is 0.0957 e. The molecule has 0 unspecified atom stereocenters. The van der Waals surface area contributed by atoms with Crippen molar-refractivity contribution >= 4 is 17.4 Å². The van der Waals surface area contributed by atoms with Gasteiger partial charge in [0.25, 0.3) is 0 Å². The molecule has 0 aliphatic carbocycles. The summed E-state index contributed by atoms with van der Waals surface area (Å²) in [6, 6.07) is 4.03. The highest BCUT2D eigenvalue weighted by molar-refractivity contribution is 7.99. The molecular weight excluding hydrogens is 232 g/mol. The molecule has 0 saturated carbocycles. The number of aliphatic hydroxyl groups is 1. The average Bonchev–Trinajstić information content (AvgIpc) is 2.67. The van der Waals surface area contributed by atoms with Crippen LogP contribution in [0.15, 0.2) is 18.3 Å². The number of nitrogens with zero attached hydrogens (tertiary/aromatic N) is 2. The first-order valence-corrected chi connectivity index (χ1v) is 7.43. The molecule has 94 valence electrons. The van der Waals surface area contributed by atoms with Crippen molar-refractivity contribution in [3.8, 4) is 0 Å². The second kappa shape index (κ2) is 6.26. The number of aromatic nitrogens is 1. The Labute approximate surface area is 107 Å². The molecule has 0 aromatic carbocycles. The smallest absolute Gasteiger partial charge is 0.0957 e. The van der Waals surface area contributed by atoms with E-state index in [1.165, 1.54) is 23.6 Å². The first-order valence-electron chi connectivity index (χ1n) is 6.28. The van der Waals surface area contributed by atoms with Gasteiger partial charge in [0, 0.05) is 18.8 Å². The van der Waals surface area contributed by atoms with Gasteiger partial charge in [-0.05, 0) is 30.7 Å². The van der Waals surface area contributed by atoms with Gasteiger partial charge in [-0.2, -0.15) is 11.8 Å². The lowest BCUT2D eigenvalue weighted by Gasteiger charge is -2.22. The van der Waals surface area contributed by atoms with Crippen molar-refractivity contribution in [2.24, 2.45) is 0 Å². The van der Waals surface area contributed by atoms with Crippen molar-refractivity contribution in [3.63, 3.8) is 0 Å². The lowest BCUT2D eigenvalue weighted by molar-refractivity contribution is 0.169. The third-order valence-corrected chi connectivity index (χ3v) is 4.13. The van der Waals surface area contributed by atoms with Gasteiger partial charge in [0.05, 0.1) is 23.7 Å². The van der Waals surface area contributed by atoms with Gasteiger partial charge in [-0.25, -0.2) is 0 Å². The Balaban J connectivity index is 2.05. The molecule has 1 fully saturated rings. The third-order valence-electron chi connectivity index (χ3n) is 3.09. The number of anilines is 1. The van der Waals surface area contributed by atoms with Gasteiger partial charge >= 0.3 is 0 Å². The summed E-state index contributed by atoms with van der Waals surface area (Å²) in [6.07, 6.45) is 3.42. The van der Waals surface area contributed by atoms with Gasteiger partial charge in [-0.3, -0.25) is 4.98 Å².